The molecule has 0 saturated carbocycles. The summed E-state index contributed by atoms with van der Waals surface area (Å²) < 4.78 is 29.2. The SMILES string of the molecule is Cc1cc(C)c(C)c(OCCCNC(=O)c2cc(S(C)(=O)=O)ccc2C)c1. The van der Waals surface area contributed by atoms with Gasteiger partial charge in [0.1, 0.15) is 5.75 Å². The molecule has 2 aromatic carbocycles. The minimum atomic E-state index is -3.35. The molecule has 0 atom stereocenters. The summed E-state index contributed by atoms with van der Waals surface area (Å²) in [6, 6.07) is 8.73. The maximum absolute atomic E-state index is 12.4. The highest BCUT2D eigenvalue weighted by molar-refractivity contribution is 7.90. The molecule has 2 rings (SSSR count). The van der Waals surface area contributed by atoms with Crippen LogP contribution in [0, 0.1) is 27.7 Å². The fourth-order valence-corrected chi connectivity index (χ4v) is 3.43. The van der Waals surface area contributed by atoms with Crippen LogP contribution in [0.2, 0.25) is 0 Å². The van der Waals surface area contributed by atoms with Gasteiger partial charge in [-0.25, -0.2) is 8.42 Å². The molecule has 2 aromatic rings. The van der Waals surface area contributed by atoms with Crippen molar-refractivity contribution in [2.24, 2.45) is 0 Å². The molecule has 1 amide bonds. The highest BCUT2D eigenvalue weighted by Gasteiger charge is 2.14. The van der Waals surface area contributed by atoms with Gasteiger partial charge in [-0.1, -0.05) is 12.1 Å². The minimum Gasteiger partial charge on any atom is -0.493 e. The fraction of sp³-hybridized carbons (Fsp3) is 0.381. The highest BCUT2D eigenvalue weighted by Crippen LogP contribution is 2.23. The molecular weight excluding hydrogens is 362 g/mol. The number of hydrogen-bond donors (Lipinski definition) is 1. The first-order chi connectivity index (χ1) is 12.6. The van der Waals surface area contributed by atoms with Crippen molar-refractivity contribution in [1.29, 1.82) is 0 Å². The summed E-state index contributed by atoms with van der Waals surface area (Å²) >= 11 is 0. The molecule has 0 aliphatic heterocycles. The summed E-state index contributed by atoms with van der Waals surface area (Å²) in [5.41, 5.74) is 4.59. The van der Waals surface area contributed by atoms with Gasteiger partial charge in [0, 0.05) is 18.4 Å². The average molecular weight is 390 g/mol. The molecule has 0 aliphatic rings. The normalized spacial score (nSPS) is 11.3. The maximum atomic E-state index is 12.4. The van der Waals surface area contributed by atoms with Crippen LogP contribution in [-0.4, -0.2) is 33.7 Å². The van der Waals surface area contributed by atoms with Gasteiger partial charge in [0.25, 0.3) is 5.91 Å². The van der Waals surface area contributed by atoms with E-state index in [0.717, 1.165) is 28.7 Å². The zero-order valence-corrected chi connectivity index (χ0v) is 17.4. The lowest BCUT2D eigenvalue weighted by molar-refractivity contribution is 0.0950. The summed E-state index contributed by atoms with van der Waals surface area (Å²) in [5, 5.41) is 2.83. The van der Waals surface area contributed by atoms with E-state index in [9.17, 15) is 13.2 Å². The molecule has 0 aromatic heterocycles. The first-order valence-electron chi connectivity index (χ1n) is 8.89. The number of hydrogen-bond acceptors (Lipinski definition) is 4. The van der Waals surface area contributed by atoms with Gasteiger partial charge < -0.3 is 10.1 Å². The number of carbonyl (C=O) groups is 1. The van der Waals surface area contributed by atoms with Crippen molar-refractivity contribution in [3.05, 3.63) is 58.1 Å². The molecule has 0 radical (unpaired) electrons. The monoisotopic (exact) mass is 389 g/mol. The maximum Gasteiger partial charge on any atom is 0.251 e. The lowest BCUT2D eigenvalue weighted by Crippen LogP contribution is -2.26. The van der Waals surface area contributed by atoms with Crippen LogP contribution in [0.3, 0.4) is 0 Å². The molecule has 27 heavy (non-hydrogen) atoms. The van der Waals surface area contributed by atoms with Crippen LogP contribution in [0.1, 0.15) is 39.0 Å². The van der Waals surface area contributed by atoms with Crippen molar-refractivity contribution in [2.45, 2.75) is 39.0 Å². The lowest BCUT2D eigenvalue weighted by Gasteiger charge is -2.13. The van der Waals surface area contributed by atoms with E-state index in [0.29, 0.717) is 25.1 Å². The molecular formula is C21H27NO4S. The van der Waals surface area contributed by atoms with Crippen molar-refractivity contribution >= 4 is 15.7 Å². The second kappa shape index (κ2) is 8.57. The van der Waals surface area contributed by atoms with E-state index in [1.165, 1.54) is 17.7 Å². The Bertz CT molecular complexity index is 949. The predicted octanol–water partition coefficient (Wildman–Crippen LogP) is 3.52. The average Bonchev–Trinajstić information content (AvgIpc) is 2.57. The number of nitrogens with one attached hydrogen (secondary N) is 1. The number of ether oxygens (including phenoxy) is 1. The largest absolute Gasteiger partial charge is 0.493 e. The van der Waals surface area contributed by atoms with Crippen molar-refractivity contribution in [3.8, 4) is 5.75 Å². The van der Waals surface area contributed by atoms with Crippen molar-refractivity contribution < 1.29 is 17.9 Å². The number of amides is 1. The van der Waals surface area contributed by atoms with Crippen LogP contribution in [0.5, 0.6) is 5.75 Å². The summed E-state index contributed by atoms with van der Waals surface area (Å²) in [6.07, 6.45) is 1.79. The Kier molecular flexibility index (Phi) is 6.65. The lowest BCUT2D eigenvalue weighted by atomic mass is 10.1. The van der Waals surface area contributed by atoms with Gasteiger partial charge >= 0.3 is 0 Å². The van der Waals surface area contributed by atoms with E-state index in [4.69, 9.17) is 4.74 Å². The van der Waals surface area contributed by atoms with Gasteiger partial charge in [0.05, 0.1) is 11.5 Å². The van der Waals surface area contributed by atoms with Crippen LogP contribution in [0.15, 0.2) is 35.2 Å². The topological polar surface area (TPSA) is 72.5 Å². The highest BCUT2D eigenvalue weighted by atomic mass is 32.2. The van der Waals surface area contributed by atoms with Gasteiger partial charge in [0.2, 0.25) is 0 Å². The van der Waals surface area contributed by atoms with Crippen LogP contribution in [0.25, 0.3) is 0 Å². The van der Waals surface area contributed by atoms with Crippen LogP contribution >= 0.6 is 0 Å². The van der Waals surface area contributed by atoms with Gasteiger partial charge in [-0.2, -0.15) is 0 Å². The Morgan fingerprint density at radius 1 is 1.04 bits per heavy atom. The molecule has 0 unspecified atom stereocenters. The number of sulfone groups is 1. The molecule has 146 valence electrons. The number of aryl methyl sites for hydroxylation is 3. The summed E-state index contributed by atoms with van der Waals surface area (Å²) in [6.45, 7) is 8.85. The van der Waals surface area contributed by atoms with E-state index < -0.39 is 9.84 Å². The second-order valence-corrected chi connectivity index (χ2v) is 8.93. The Morgan fingerprint density at radius 3 is 2.41 bits per heavy atom. The molecule has 0 saturated heterocycles. The van der Waals surface area contributed by atoms with E-state index in [1.54, 1.807) is 13.0 Å². The van der Waals surface area contributed by atoms with Crippen molar-refractivity contribution in [1.82, 2.24) is 5.32 Å². The van der Waals surface area contributed by atoms with E-state index >= 15 is 0 Å². The van der Waals surface area contributed by atoms with Gasteiger partial charge in [-0.15, -0.1) is 0 Å². The van der Waals surface area contributed by atoms with E-state index in [2.05, 4.69) is 18.3 Å². The molecule has 0 aliphatic carbocycles. The third kappa shape index (κ3) is 5.57. The van der Waals surface area contributed by atoms with Crippen LogP contribution in [-0.2, 0) is 9.84 Å². The van der Waals surface area contributed by atoms with Crippen molar-refractivity contribution in [3.63, 3.8) is 0 Å². The van der Waals surface area contributed by atoms with Crippen LogP contribution < -0.4 is 10.1 Å². The molecule has 6 heteroatoms. The molecule has 0 fully saturated rings. The molecule has 1 N–H and O–H groups in total. The summed E-state index contributed by atoms with van der Waals surface area (Å²) in [5.74, 6) is 0.594. The van der Waals surface area contributed by atoms with Gasteiger partial charge in [-0.3, -0.25) is 4.79 Å². The third-order valence-corrected chi connectivity index (χ3v) is 5.62. The third-order valence-electron chi connectivity index (χ3n) is 4.51. The molecule has 0 heterocycles. The zero-order valence-electron chi connectivity index (χ0n) is 16.5. The van der Waals surface area contributed by atoms with Crippen molar-refractivity contribution in [2.75, 3.05) is 19.4 Å². The van der Waals surface area contributed by atoms with Gasteiger partial charge in [0.15, 0.2) is 9.84 Å². The van der Waals surface area contributed by atoms with E-state index in [1.807, 2.05) is 19.9 Å². The molecule has 0 bridgehead atoms. The Labute approximate surface area is 161 Å². The second-order valence-electron chi connectivity index (χ2n) is 6.91. The Hall–Kier alpha value is -2.34. The van der Waals surface area contributed by atoms with E-state index in [-0.39, 0.29) is 10.8 Å². The quantitative estimate of drug-likeness (QED) is 0.736. The number of benzene rings is 2. The van der Waals surface area contributed by atoms with Gasteiger partial charge in [-0.05, 0) is 74.6 Å². The fourth-order valence-electron chi connectivity index (χ4n) is 2.78. The van der Waals surface area contributed by atoms with Crippen LogP contribution in [0.4, 0.5) is 0 Å². The smallest absolute Gasteiger partial charge is 0.251 e. The standard InChI is InChI=1S/C21H27NO4S/c1-14-11-16(3)17(4)20(12-14)26-10-6-9-22-21(23)19-13-18(27(5,24)25)8-7-15(19)2/h7-8,11-13H,6,9-10H2,1-5H3,(H,22,23). The summed E-state index contributed by atoms with van der Waals surface area (Å²) in [4.78, 5) is 12.5. The zero-order chi connectivity index (χ0) is 20.2. The molecule has 0 spiro atoms. The molecule has 5 nitrogen and oxygen atoms in total. The summed E-state index contributed by atoms with van der Waals surface area (Å²) in [7, 11) is -3.35. The first kappa shape index (κ1) is 21.0. The predicted molar refractivity (Wildman–Crippen MR) is 107 cm³/mol. The Balaban J connectivity index is 1.90. The first-order valence-corrected chi connectivity index (χ1v) is 10.8. The number of carbonyl (C=O) groups excluding carboxylic acids is 1. The Morgan fingerprint density at radius 2 is 1.74 bits per heavy atom. The minimum absolute atomic E-state index is 0.145. The number of rotatable bonds is 7.